The average Bonchev–Trinajstić information content (AvgIpc) is 2.52. The first-order valence-corrected chi connectivity index (χ1v) is 7.34. The number of primary amides is 1. The first-order chi connectivity index (χ1) is 11.6. The van der Waals surface area contributed by atoms with Gasteiger partial charge >= 0.3 is 5.97 Å². The number of amides is 4. The first kappa shape index (κ1) is 22.3. The van der Waals surface area contributed by atoms with Gasteiger partial charge in [0.1, 0.15) is 18.6 Å². The fraction of sp³-hybridized carbons (Fsp3) is 0.615. The minimum absolute atomic E-state index is 0.191. The molecule has 12 nitrogen and oxygen atoms in total. The number of carboxylic acid groups (broad SMARTS) is 1. The lowest BCUT2D eigenvalue weighted by molar-refractivity contribution is -0.139. The van der Waals surface area contributed by atoms with Gasteiger partial charge in [-0.25, -0.2) is 0 Å². The fourth-order valence-corrected chi connectivity index (χ4v) is 1.74. The highest BCUT2D eigenvalue weighted by Gasteiger charge is 2.29. The van der Waals surface area contributed by atoms with Crippen LogP contribution in [0.1, 0.15) is 19.8 Å². The number of aliphatic carboxylic acids is 1. The number of nitrogens with two attached hydrogens (primary N) is 2. The number of carboxylic acids is 1. The van der Waals surface area contributed by atoms with Gasteiger partial charge in [0, 0.05) is 6.42 Å². The summed E-state index contributed by atoms with van der Waals surface area (Å²) < 4.78 is 0. The molecular weight excluding hydrogens is 338 g/mol. The van der Waals surface area contributed by atoms with Gasteiger partial charge in [0.25, 0.3) is 0 Å². The third-order valence-corrected chi connectivity index (χ3v) is 2.99. The molecule has 0 saturated heterocycles. The maximum absolute atomic E-state index is 12.2. The highest BCUT2D eigenvalue weighted by molar-refractivity contribution is 5.93. The van der Waals surface area contributed by atoms with E-state index >= 15 is 0 Å². The van der Waals surface area contributed by atoms with E-state index in [1.165, 1.54) is 6.92 Å². The molecule has 0 spiro atoms. The Morgan fingerprint density at radius 2 is 1.68 bits per heavy atom. The molecule has 0 bridgehead atoms. The Labute approximate surface area is 143 Å². The van der Waals surface area contributed by atoms with E-state index < -0.39 is 60.9 Å². The van der Waals surface area contributed by atoms with Gasteiger partial charge in [-0.2, -0.15) is 0 Å². The van der Waals surface area contributed by atoms with E-state index in [2.05, 4.69) is 16.0 Å². The predicted octanol–water partition coefficient (Wildman–Crippen LogP) is -4.24. The molecule has 0 radical (unpaired) electrons. The summed E-state index contributed by atoms with van der Waals surface area (Å²) in [6.45, 7) is 0.135. The number of nitrogens with one attached hydrogen (secondary N) is 3. The fourth-order valence-electron chi connectivity index (χ4n) is 1.74. The van der Waals surface area contributed by atoms with Gasteiger partial charge in [-0.05, 0) is 13.3 Å². The molecule has 3 unspecified atom stereocenters. The summed E-state index contributed by atoms with van der Waals surface area (Å²) in [7, 11) is 0. The van der Waals surface area contributed by atoms with Gasteiger partial charge in [0.05, 0.1) is 12.6 Å². The summed E-state index contributed by atoms with van der Waals surface area (Å²) in [5.74, 6) is -4.49. The van der Waals surface area contributed by atoms with Crippen molar-refractivity contribution in [1.29, 1.82) is 0 Å². The number of carbonyl (C=O) groups excluding carboxylic acids is 4. The van der Waals surface area contributed by atoms with Gasteiger partial charge in [-0.15, -0.1) is 0 Å². The van der Waals surface area contributed by atoms with Crippen LogP contribution in [0.5, 0.6) is 0 Å². The summed E-state index contributed by atoms with van der Waals surface area (Å²) >= 11 is 0. The Kier molecular flexibility index (Phi) is 9.74. The number of hydrogen-bond donors (Lipinski definition) is 7. The number of aliphatic hydroxyl groups excluding tert-OH is 1. The molecule has 142 valence electrons. The standard InChI is InChI=1S/C13H23N5O7/c1-6(19)11(18-9(21)4-14)13(25)17-7(2-3-8(15)20)12(24)16-5-10(22)23/h6-7,11,19H,2-5,14H2,1H3,(H2,15,20)(H,16,24)(H,17,25)(H,18,21)(H,22,23). The minimum Gasteiger partial charge on any atom is -0.480 e. The Hall–Kier alpha value is -2.73. The molecule has 0 fully saturated rings. The zero-order chi connectivity index (χ0) is 19.6. The average molecular weight is 361 g/mol. The number of hydrogen-bond acceptors (Lipinski definition) is 7. The molecule has 0 aromatic heterocycles. The van der Waals surface area contributed by atoms with Crippen LogP contribution < -0.4 is 27.4 Å². The van der Waals surface area contributed by atoms with Crippen molar-refractivity contribution in [2.75, 3.05) is 13.1 Å². The molecular formula is C13H23N5O7. The van der Waals surface area contributed by atoms with Crippen molar-refractivity contribution in [3.8, 4) is 0 Å². The molecule has 0 aromatic carbocycles. The predicted molar refractivity (Wildman–Crippen MR) is 83.7 cm³/mol. The molecule has 0 aromatic rings. The van der Waals surface area contributed by atoms with Crippen LogP contribution in [0.4, 0.5) is 0 Å². The van der Waals surface area contributed by atoms with Crippen LogP contribution in [-0.2, 0) is 24.0 Å². The molecule has 0 aliphatic carbocycles. The van der Waals surface area contributed by atoms with Crippen molar-refractivity contribution in [2.24, 2.45) is 11.5 Å². The highest BCUT2D eigenvalue weighted by Crippen LogP contribution is 2.01. The normalized spacial score (nSPS) is 13.9. The monoisotopic (exact) mass is 361 g/mol. The van der Waals surface area contributed by atoms with Crippen LogP contribution >= 0.6 is 0 Å². The third kappa shape index (κ3) is 9.22. The van der Waals surface area contributed by atoms with Crippen molar-refractivity contribution in [3.05, 3.63) is 0 Å². The van der Waals surface area contributed by atoms with Crippen molar-refractivity contribution < 1.29 is 34.2 Å². The van der Waals surface area contributed by atoms with E-state index in [-0.39, 0.29) is 12.8 Å². The lowest BCUT2D eigenvalue weighted by Crippen LogP contribution is -2.58. The molecule has 0 rings (SSSR count). The summed E-state index contributed by atoms with van der Waals surface area (Å²) in [4.78, 5) is 56.8. The summed E-state index contributed by atoms with van der Waals surface area (Å²) in [5.41, 5.74) is 10.1. The largest absolute Gasteiger partial charge is 0.480 e. The van der Waals surface area contributed by atoms with Crippen LogP contribution in [-0.4, -0.2) is 71.1 Å². The highest BCUT2D eigenvalue weighted by atomic mass is 16.4. The topological polar surface area (TPSA) is 214 Å². The van der Waals surface area contributed by atoms with Gasteiger partial charge < -0.3 is 37.6 Å². The second kappa shape index (κ2) is 10.9. The SMILES string of the molecule is CC(O)C(NC(=O)CN)C(=O)NC(CCC(N)=O)C(=O)NCC(=O)O. The molecule has 0 aliphatic rings. The lowest BCUT2D eigenvalue weighted by Gasteiger charge is -2.24. The molecule has 25 heavy (non-hydrogen) atoms. The van der Waals surface area contributed by atoms with E-state index in [4.69, 9.17) is 16.6 Å². The van der Waals surface area contributed by atoms with Gasteiger partial charge in [-0.1, -0.05) is 0 Å². The van der Waals surface area contributed by atoms with E-state index in [9.17, 15) is 29.1 Å². The van der Waals surface area contributed by atoms with Crippen LogP contribution in [0, 0.1) is 0 Å². The van der Waals surface area contributed by atoms with Crippen LogP contribution in [0.3, 0.4) is 0 Å². The first-order valence-electron chi connectivity index (χ1n) is 7.34. The zero-order valence-electron chi connectivity index (χ0n) is 13.7. The molecule has 9 N–H and O–H groups in total. The Morgan fingerprint density at radius 3 is 2.12 bits per heavy atom. The summed E-state index contributed by atoms with van der Waals surface area (Å²) in [6, 6.07) is -2.67. The Morgan fingerprint density at radius 1 is 1.08 bits per heavy atom. The number of aliphatic hydroxyl groups is 1. The van der Waals surface area contributed by atoms with E-state index in [0.29, 0.717) is 0 Å². The second-order valence-corrected chi connectivity index (χ2v) is 5.17. The van der Waals surface area contributed by atoms with Crippen molar-refractivity contribution >= 4 is 29.6 Å². The maximum Gasteiger partial charge on any atom is 0.322 e. The van der Waals surface area contributed by atoms with Crippen LogP contribution in [0.15, 0.2) is 0 Å². The van der Waals surface area contributed by atoms with Gasteiger partial charge in [0.2, 0.25) is 23.6 Å². The molecule has 12 heteroatoms. The van der Waals surface area contributed by atoms with Crippen molar-refractivity contribution in [3.63, 3.8) is 0 Å². The third-order valence-electron chi connectivity index (χ3n) is 2.99. The minimum atomic E-state index is -1.39. The van der Waals surface area contributed by atoms with Crippen molar-refractivity contribution in [1.82, 2.24) is 16.0 Å². The smallest absolute Gasteiger partial charge is 0.322 e. The molecule has 4 amide bonds. The van der Waals surface area contributed by atoms with E-state index in [0.717, 1.165) is 0 Å². The second-order valence-electron chi connectivity index (χ2n) is 5.17. The Balaban J connectivity index is 5.06. The summed E-state index contributed by atoms with van der Waals surface area (Å²) in [6.07, 6.45) is -1.74. The van der Waals surface area contributed by atoms with E-state index in [1.807, 2.05) is 0 Å². The summed E-state index contributed by atoms with van der Waals surface area (Å²) in [5, 5.41) is 24.6. The molecule has 3 atom stereocenters. The maximum atomic E-state index is 12.2. The zero-order valence-corrected chi connectivity index (χ0v) is 13.7. The lowest BCUT2D eigenvalue weighted by atomic mass is 10.1. The van der Waals surface area contributed by atoms with Gasteiger partial charge in [-0.3, -0.25) is 24.0 Å². The molecule has 0 saturated carbocycles. The Bertz CT molecular complexity index is 523. The van der Waals surface area contributed by atoms with Crippen LogP contribution in [0.25, 0.3) is 0 Å². The van der Waals surface area contributed by atoms with E-state index in [1.54, 1.807) is 0 Å². The quantitative estimate of drug-likeness (QED) is 0.191. The van der Waals surface area contributed by atoms with Crippen molar-refractivity contribution in [2.45, 2.75) is 38.0 Å². The number of rotatable bonds is 11. The molecule has 0 heterocycles. The number of carbonyl (C=O) groups is 5. The van der Waals surface area contributed by atoms with Gasteiger partial charge in [0.15, 0.2) is 0 Å². The molecule has 0 aliphatic heterocycles. The van der Waals surface area contributed by atoms with Crippen LogP contribution in [0.2, 0.25) is 0 Å².